The van der Waals surface area contributed by atoms with Crippen LogP contribution in [0.4, 0.5) is 4.79 Å². The van der Waals surface area contributed by atoms with Crippen LogP contribution in [0.3, 0.4) is 0 Å². The van der Waals surface area contributed by atoms with Gasteiger partial charge in [-0.15, -0.1) is 0 Å². The topological polar surface area (TPSA) is 181 Å². The summed E-state index contributed by atoms with van der Waals surface area (Å²) in [6, 6.07) is -1.90. The van der Waals surface area contributed by atoms with Gasteiger partial charge in [-0.1, -0.05) is 0 Å². The molecule has 2 atom stereocenters. The second-order valence-corrected chi connectivity index (χ2v) is 9.46. The second kappa shape index (κ2) is 13.4. The highest BCUT2D eigenvalue weighted by atomic mass is 16.6. The number of amides is 5. The van der Waals surface area contributed by atoms with Crippen LogP contribution in [0.25, 0.3) is 0 Å². The number of ether oxygens (including phenoxy) is 2. The Morgan fingerprint density at radius 2 is 1.06 bits per heavy atom. The largest absolute Gasteiger partial charge is 0.458 e. The number of alkyl carbamates (subject to hydrolysis) is 1. The van der Waals surface area contributed by atoms with Crippen molar-refractivity contribution >= 4 is 35.7 Å². The van der Waals surface area contributed by atoms with Gasteiger partial charge in [-0.3, -0.25) is 19.2 Å². The summed E-state index contributed by atoms with van der Waals surface area (Å²) in [6.07, 6.45) is -0.776. The Balaban J connectivity index is 4.24. The zero-order valence-corrected chi connectivity index (χ0v) is 21.0. The molecule has 13 heteroatoms. The van der Waals surface area contributed by atoms with Gasteiger partial charge in [0.15, 0.2) is 0 Å². The summed E-state index contributed by atoms with van der Waals surface area (Å²) in [6.45, 7) is 11.7. The predicted octanol–water partition coefficient (Wildman–Crippen LogP) is -0.905. The van der Waals surface area contributed by atoms with E-state index in [4.69, 9.17) is 9.47 Å². The lowest BCUT2D eigenvalue weighted by atomic mass is 10.2. The molecule has 0 heterocycles. The van der Waals surface area contributed by atoms with Crippen LogP contribution in [0.1, 0.15) is 55.4 Å². The monoisotopic (exact) mass is 487 g/mol. The fourth-order valence-electron chi connectivity index (χ4n) is 2.09. The molecule has 0 unspecified atom stereocenters. The van der Waals surface area contributed by atoms with Crippen molar-refractivity contribution in [1.82, 2.24) is 26.6 Å². The van der Waals surface area contributed by atoms with Crippen molar-refractivity contribution in [2.24, 2.45) is 0 Å². The Morgan fingerprint density at radius 3 is 1.53 bits per heavy atom. The molecule has 0 aromatic heterocycles. The van der Waals surface area contributed by atoms with Gasteiger partial charge in [0.05, 0.1) is 13.1 Å². The number of hydrogen-bond donors (Lipinski definition) is 5. The number of hydrogen-bond acceptors (Lipinski definition) is 8. The van der Waals surface area contributed by atoms with Crippen molar-refractivity contribution in [2.45, 2.75) is 78.7 Å². The summed E-state index contributed by atoms with van der Waals surface area (Å²) < 4.78 is 10.1. The standard InChI is InChI=1S/C21H37N5O8/c1-12(17(30)26-13(2)18(31)33-20(3,4)5)25-16(29)11-23-14(27)9-22-15(28)10-24-19(32)34-21(6,7)8/h12-13H,9-11H2,1-8H3,(H,22,28)(H,23,27)(H,24,32)(H,25,29)(H,26,30)/t12-,13-/m0/s1. The highest BCUT2D eigenvalue weighted by Crippen LogP contribution is 2.08. The number of esters is 1. The van der Waals surface area contributed by atoms with Crippen LogP contribution in [0, 0.1) is 0 Å². The van der Waals surface area contributed by atoms with Crippen LogP contribution >= 0.6 is 0 Å². The maximum absolute atomic E-state index is 12.2. The number of carbonyl (C=O) groups excluding carboxylic acids is 6. The zero-order valence-electron chi connectivity index (χ0n) is 21.0. The minimum Gasteiger partial charge on any atom is -0.458 e. The Bertz CT molecular complexity index is 770. The molecule has 0 aliphatic rings. The van der Waals surface area contributed by atoms with Crippen LogP contribution in [-0.4, -0.2) is 78.6 Å². The quantitative estimate of drug-likeness (QED) is 0.246. The van der Waals surface area contributed by atoms with Crippen molar-refractivity contribution in [2.75, 3.05) is 19.6 Å². The Hall–Kier alpha value is -3.38. The lowest BCUT2D eigenvalue weighted by molar-refractivity contribution is -0.158. The molecule has 0 spiro atoms. The molecular weight excluding hydrogens is 450 g/mol. The molecule has 0 aromatic rings. The fourth-order valence-corrected chi connectivity index (χ4v) is 2.09. The minimum absolute atomic E-state index is 0.392. The lowest BCUT2D eigenvalue weighted by Crippen LogP contribution is -2.52. The van der Waals surface area contributed by atoms with Crippen molar-refractivity contribution in [1.29, 1.82) is 0 Å². The number of carbonyl (C=O) groups is 6. The van der Waals surface area contributed by atoms with Crippen LogP contribution in [-0.2, 0) is 33.4 Å². The van der Waals surface area contributed by atoms with E-state index in [0.29, 0.717) is 0 Å². The average molecular weight is 488 g/mol. The van der Waals surface area contributed by atoms with E-state index in [9.17, 15) is 28.8 Å². The molecule has 0 aliphatic carbocycles. The highest BCUT2D eigenvalue weighted by Gasteiger charge is 2.25. The molecule has 0 saturated carbocycles. The fraction of sp³-hybridized carbons (Fsp3) is 0.714. The van der Waals surface area contributed by atoms with Gasteiger partial charge in [0, 0.05) is 0 Å². The van der Waals surface area contributed by atoms with Crippen molar-refractivity contribution in [3.05, 3.63) is 0 Å². The summed E-state index contributed by atoms with van der Waals surface area (Å²) in [5.41, 5.74) is -1.42. The first-order valence-corrected chi connectivity index (χ1v) is 10.7. The minimum atomic E-state index is -0.979. The summed E-state index contributed by atoms with van der Waals surface area (Å²) in [7, 11) is 0. The molecular formula is C21H37N5O8. The molecule has 0 bridgehead atoms. The third-order valence-corrected chi connectivity index (χ3v) is 3.57. The molecule has 0 radical (unpaired) electrons. The second-order valence-electron chi connectivity index (χ2n) is 9.46. The molecule has 0 aromatic carbocycles. The summed E-state index contributed by atoms with van der Waals surface area (Å²) in [5.74, 6) is -3.16. The van der Waals surface area contributed by atoms with E-state index in [2.05, 4.69) is 26.6 Å². The van der Waals surface area contributed by atoms with Crippen LogP contribution in [0.15, 0.2) is 0 Å². The molecule has 0 rings (SSSR count). The van der Waals surface area contributed by atoms with E-state index >= 15 is 0 Å². The summed E-state index contributed by atoms with van der Waals surface area (Å²) in [5, 5.41) is 11.6. The van der Waals surface area contributed by atoms with Crippen LogP contribution in [0.5, 0.6) is 0 Å². The summed E-state index contributed by atoms with van der Waals surface area (Å²) >= 11 is 0. The first-order valence-electron chi connectivity index (χ1n) is 10.7. The third kappa shape index (κ3) is 15.4. The van der Waals surface area contributed by atoms with E-state index in [0.717, 1.165) is 0 Å². The van der Waals surface area contributed by atoms with Gasteiger partial charge in [0.1, 0.15) is 29.8 Å². The van der Waals surface area contributed by atoms with Crippen molar-refractivity contribution < 1.29 is 38.2 Å². The predicted molar refractivity (Wildman–Crippen MR) is 121 cm³/mol. The molecule has 13 nitrogen and oxygen atoms in total. The maximum atomic E-state index is 12.2. The SMILES string of the molecule is C[C@H](NC(=O)CNC(=O)CNC(=O)CNC(=O)OC(C)(C)C)C(=O)N[C@@H](C)C(=O)OC(C)(C)C. The molecule has 34 heavy (non-hydrogen) atoms. The molecule has 0 aliphatic heterocycles. The number of rotatable bonds is 10. The van der Waals surface area contributed by atoms with E-state index in [1.54, 1.807) is 41.5 Å². The zero-order chi connectivity index (χ0) is 26.7. The lowest BCUT2D eigenvalue weighted by Gasteiger charge is -2.23. The van der Waals surface area contributed by atoms with Crippen molar-refractivity contribution in [3.63, 3.8) is 0 Å². The maximum Gasteiger partial charge on any atom is 0.408 e. The first-order chi connectivity index (χ1) is 15.4. The van der Waals surface area contributed by atoms with Gasteiger partial charge >= 0.3 is 12.1 Å². The van der Waals surface area contributed by atoms with Crippen molar-refractivity contribution in [3.8, 4) is 0 Å². The van der Waals surface area contributed by atoms with Gasteiger partial charge < -0.3 is 36.1 Å². The molecule has 0 saturated heterocycles. The smallest absolute Gasteiger partial charge is 0.408 e. The highest BCUT2D eigenvalue weighted by molar-refractivity contribution is 5.92. The Labute approximate surface area is 199 Å². The van der Waals surface area contributed by atoms with E-state index in [1.165, 1.54) is 13.8 Å². The normalized spacial score (nSPS) is 12.9. The molecule has 194 valence electrons. The third-order valence-electron chi connectivity index (χ3n) is 3.57. The van der Waals surface area contributed by atoms with Gasteiger partial charge in [0.2, 0.25) is 23.6 Å². The molecule has 0 fully saturated rings. The van der Waals surface area contributed by atoms with Gasteiger partial charge in [-0.25, -0.2) is 9.59 Å². The van der Waals surface area contributed by atoms with Crippen LogP contribution < -0.4 is 26.6 Å². The Morgan fingerprint density at radius 1 is 0.618 bits per heavy atom. The van der Waals surface area contributed by atoms with Gasteiger partial charge in [-0.2, -0.15) is 0 Å². The number of nitrogens with one attached hydrogen (secondary N) is 5. The first kappa shape index (κ1) is 30.6. The van der Waals surface area contributed by atoms with E-state index in [1.807, 2.05) is 0 Å². The van der Waals surface area contributed by atoms with Gasteiger partial charge in [0.25, 0.3) is 0 Å². The molecule has 5 amide bonds. The van der Waals surface area contributed by atoms with Gasteiger partial charge in [-0.05, 0) is 55.4 Å². The summed E-state index contributed by atoms with van der Waals surface area (Å²) in [4.78, 5) is 71.0. The van der Waals surface area contributed by atoms with E-state index in [-0.39, 0.29) is 0 Å². The molecule has 5 N–H and O–H groups in total. The van der Waals surface area contributed by atoms with E-state index < -0.39 is 78.6 Å². The average Bonchev–Trinajstić information content (AvgIpc) is 2.66. The Kier molecular flexibility index (Phi) is 12.0. The van der Waals surface area contributed by atoms with Crippen LogP contribution in [0.2, 0.25) is 0 Å².